The van der Waals surface area contributed by atoms with E-state index in [1.165, 1.54) is 24.3 Å². The Morgan fingerprint density at radius 3 is 2.33 bits per heavy atom. The maximum absolute atomic E-state index is 12.2. The molecule has 0 fully saturated rings. The highest BCUT2D eigenvalue weighted by molar-refractivity contribution is 8.00. The molecule has 0 aliphatic rings. The lowest BCUT2D eigenvalue weighted by Gasteiger charge is -2.07. The molecule has 8 heteroatoms. The van der Waals surface area contributed by atoms with Gasteiger partial charge in [-0.1, -0.05) is 0 Å². The smallest absolute Gasteiger partial charge is 0.319 e. The van der Waals surface area contributed by atoms with Gasteiger partial charge >= 0.3 is 5.51 Å². The van der Waals surface area contributed by atoms with Gasteiger partial charge in [0, 0.05) is 10.5 Å². The summed E-state index contributed by atoms with van der Waals surface area (Å²) < 4.78 is 36.6. The number of carbonyl (C=O) groups is 1. The van der Waals surface area contributed by atoms with Gasteiger partial charge in [-0.2, -0.15) is 18.3 Å². The second-order valence-electron chi connectivity index (χ2n) is 4.34. The fourth-order valence-electron chi connectivity index (χ4n) is 1.73. The second-order valence-corrected chi connectivity index (χ2v) is 5.47. The molecule has 1 heterocycles. The van der Waals surface area contributed by atoms with Crippen LogP contribution in [0.25, 0.3) is 0 Å². The van der Waals surface area contributed by atoms with Gasteiger partial charge in [-0.05, 0) is 49.9 Å². The molecule has 0 saturated heterocycles. The molecular formula is C13H12F3N3OS. The number of rotatable bonds is 3. The predicted molar refractivity (Wildman–Crippen MR) is 74.4 cm³/mol. The first-order chi connectivity index (χ1) is 9.76. The molecule has 2 aromatic rings. The molecule has 4 nitrogen and oxygen atoms in total. The van der Waals surface area contributed by atoms with Crippen LogP contribution < -0.4 is 5.32 Å². The molecule has 0 radical (unpaired) electrons. The minimum Gasteiger partial charge on any atom is -0.319 e. The van der Waals surface area contributed by atoms with Gasteiger partial charge < -0.3 is 5.32 Å². The van der Waals surface area contributed by atoms with Crippen LogP contribution in [0.1, 0.15) is 21.7 Å². The third-order valence-corrected chi connectivity index (χ3v) is 3.46. The molecule has 0 saturated carbocycles. The van der Waals surface area contributed by atoms with Crippen molar-refractivity contribution in [3.05, 3.63) is 41.2 Å². The minimum atomic E-state index is -4.34. The summed E-state index contributed by atoms with van der Waals surface area (Å²) in [6, 6.07) is 5.24. The van der Waals surface area contributed by atoms with Crippen molar-refractivity contribution < 1.29 is 18.0 Å². The summed E-state index contributed by atoms with van der Waals surface area (Å²) in [6.45, 7) is 3.50. The summed E-state index contributed by atoms with van der Waals surface area (Å²) in [7, 11) is 0. The average molecular weight is 315 g/mol. The number of hydrogen-bond acceptors (Lipinski definition) is 3. The number of benzene rings is 1. The maximum Gasteiger partial charge on any atom is 0.446 e. The van der Waals surface area contributed by atoms with Crippen molar-refractivity contribution in [3.63, 3.8) is 0 Å². The Hall–Kier alpha value is -1.96. The number of aryl methyl sites for hydroxylation is 2. The van der Waals surface area contributed by atoms with Gasteiger partial charge in [0.2, 0.25) is 0 Å². The van der Waals surface area contributed by atoms with Crippen LogP contribution in [0.3, 0.4) is 0 Å². The van der Waals surface area contributed by atoms with Crippen molar-refractivity contribution in [3.8, 4) is 0 Å². The molecule has 0 bridgehead atoms. The van der Waals surface area contributed by atoms with Crippen molar-refractivity contribution >= 4 is 23.4 Å². The number of hydrogen-bond donors (Lipinski definition) is 2. The lowest BCUT2D eigenvalue weighted by molar-refractivity contribution is -0.0328. The summed E-state index contributed by atoms with van der Waals surface area (Å²) in [5.74, 6) is -0.397. The van der Waals surface area contributed by atoms with Gasteiger partial charge in [-0.3, -0.25) is 9.89 Å². The van der Waals surface area contributed by atoms with E-state index < -0.39 is 11.4 Å². The van der Waals surface area contributed by atoms with Gasteiger partial charge in [0.15, 0.2) is 0 Å². The summed E-state index contributed by atoms with van der Waals surface area (Å²) in [5, 5.41) is 9.37. The molecule has 0 atom stereocenters. The number of alkyl halides is 3. The molecule has 21 heavy (non-hydrogen) atoms. The van der Waals surface area contributed by atoms with E-state index in [1.807, 2.05) is 0 Å². The molecule has 1 aromatic heterocycles. The molecule has 0 aliphatic carbocycles. The Morgan fingerprint density at radius 2 is 1.86 bits per heavy atom. The van der Waals surface area contributed by atoms with Crippen molar-refractivity contribution in [2.24, 2.45) is 0 Å². The van der Waals surface area contributed by atoms with Gasteiger partial charge in [-0.25, -0.2) is 0 Å². The van der Waals surface area contributed by atoms with Crippen LogP contribution >= 0.6 is 11.8 Å². The average Bonchev–Trinajstić information content (AvgIpc) is 2.69. The molecule has 0 unspecified atom stereocenters. The maximum atomic E-state index is 12.2. The fraction of sp³-hybridized carbons (Fsp3) is 0.231. The molecule has 0 spiro atoms. The zero-order valence-electron chi connectivity index (χ0n) is 11.2. The lowest BCUT2D eigenvalue weighted by atomic mass is 10.2. The van der Waals surface area contributed by atoms with E-state index in [-0.39, 0.29) is 22.2 Å². The van der Waals surface area contributed by atoms with Crippen LogP contribution in [-0.4, -0.2) is 21.6 Å². The minimum absolute atomic E-state index is 0.0368. The number of carbonyl (C=O) groups excluding carboxylic acids is 1. The van der Waals surface area contributed by atoms with Crippen LogP contribution in [0.5, 0.6) is 0 Å². The highest BCUT2D eigenvalue weighted by Gasteiger charge is 2.29. The first-order valence-corrected chi connectivity index (χ1v) is 6.76. The van der Waals surface area contributed by atoms with Crippen LogP contribution in [-0.2, 0) is 0 Å². The van der Waals surface area contributed by atoms with Crippen molar-refractivity contribution in [1.82, 2.24) is 10.2 Å². The van der Waals surface area contributed by atoms with Crippen LogP contribution in [0.4, 0.5) is 18.9 Å². The van der Waals surface area contributed by atoms with E-state index in [0.717, 1.165) is 0 Å². The summed E-state index contributed by atoms with van der Waals surface area (Å²) >= 11 is -0.215. The SMILES string of the molecule is Cc1n[nH]c(C)c1NC(=O)c1ccc(SC(F)(F)F)cc1. The molecular weight excluding hydrogens is 303 g/mol. The topological polar surface area (TPSA) is 57.8 Å². The normalized spacial score (nSPS) is 11.5. The molecule has 1 aromatic carbocycles. The van der Waals surface area contributed by atoms with E-state index in [9.17, 15) is 18.0 Å². The van der Waals surface area contributed by atoms with Crippen LogP contribution in [0, 0.1) is 13.8 Å². The number of anilines is 1. The standard InChI is InChI=1S/C13H12F3N3OS/c1-7-11(8(2)19-18-7)17-12(20)9-3-5-10(6-4-9)21-13(14,15)16/h3-6H,1-2H3,(H,17,20)(H,18,19). The summed E-state index contributed by atoms with van der Waals surface area (Å²) in [5.41, 5.74) is -2.13. The quantitative estimate of drug-likeness (QED) is 0.845. The van der Waals surface area contributed by atoms with Gasteiger partial charge in [0.25, 0.3) is 5.91 Å². The monoisotopic (exact) mass is 315 g/mol. The molecule has 112 valence electrons. The van der Waals surface area contributed by atoms with Crippen molar-refractivity contribution in [2.75, 3.05) is 5.32 Å². The first kappa shape index (κ1) is 15.4. The molecule has 2 N–H and O–H groups in total. The van der Waals surface area contributed by atoms with E-state index in [1.54, 1.807) is 13.8 Å². The van der Waals surface area contributed by atoms with Gasteiger partial charge in [-0.15, -0.1) is 0 Å². The van der Waals surface area contributed by atoms with Crippen LogP contribution in [0.2, 0.25) is 0 Å². The number of H-pyrrole nitrogens is 1. The van der Waals surface area contributed by atoms with Gasteiger partial charge in [0.1, 0.15) is 0 Å². The zero-order chi connectivity index (χ0) is 15.6. The fourth-order valence-corrected chi connectivity index (χ4v) is 2.27. The highest BCUT2D eigenvalue weighted by atomic mass is 32.2. The Labute approximate surface area is 123 Å². The number of halogens is 3. The molecule has 1 amide bonds. The van der Waals surface area contributed by atoms with Crippen LogP contribution in [0.15, 0.2) is 29.2 Å². The lowest BCUT2D eigenvalue weighted by Crippen LogP contribution is -2.12. The zero-order valence-corrected chi connectivity index (χ0v) is 12.0. The largest absolute Gasteiger partial charge is 0.446 e. The number of amides is 1. The Balaban J connectivity index is 2.10. The van der Waals surface area contributed by atoms with E-state index >= 15 is 0 Å². The molecule has 2 rings (SSSR count). The number of aromatic amines is 1. The second kappa shape index (κ2) is 5.80. The third-order valence-electron chi connectivity index (χ3n) is 2.72. The first-order valence-electron chi connectivity index (χ1n) is 5.95. The summed E-state index contributed by atoms with van der Waals surface area (Å²) in [6.07, 6.45) is 0. The number of nitrogens with one attached hydrogen (secondary N) is 2. The van der Waals surface area contributed by atoms with E-state index in [4.69, 9.17) is 0 Å². The number of aromatic nitrogens is 2. The van der Waals surface area contributed by atoms with Crippen molar-refractivity contribution in [2.45, 2.75) is 24.3 Å². The predicted octanol–water partition coefficient (Wildman–Crippen LogP) is 3.89. The molecule has 0 aliphatic heterocycles. The summed E-state index contributed by atoms with van der Waals surface area (Å²) in [4.78, 5) is 12.1. The van der Waals surface area contributed by atoms with E-state index in [0.29, 0.717) is 17.1 Å². The van der Waals surface area contributed by atoms with E-state index in [2.05, 4.69) is 15.5 Å². The number of nitrogens with zero attached hydrogens (tertiary/aromatic N) is 1. The highest BCUT2D eigenvalue weighted by Crippen LogP contribution is 2.36. The third kappa shape index (κ3) is 4.01. The number of thioether (sulfide) groups is 1. The Kier molecular flexibility index (Phi) is 4.26. The Bertz CT molecular complexity index is 630. The van der Waals surface area contributed by atoms with Crippen molar-refractivity contribution in [1.29, 1.82) is 0 Å². The van der Waals surface area contributed by atoms with Gasteiger partial charge in [0.05, 0.1) is 17.1 Å². The Morgan fingerprint density at radius 1 is 1.24 bits per heavy atom.